The van der Waals surface area contributed by atoms with Crippen molar-refractivity contribution in [1.29, 1.82) is 0 Å². The van der Waals surface area contributed by atoms with E-state index in [0.29, 0.717) is 0 Å². The SMILES string of the molecule is Cc1cc(C)c(CNc2ccncn2)c(C)c1. The standard InChI is InChI=1S/C14H17N3/c1-10-6-11(2)13(12(3)7-10)8-16-14-4-5-15-9-17-14/h4-7,9H,8H2,1-3H3,(H,15,16,17). The van der Waals surface area contributed by atoms with E-state index in [9.17, 15) is 0 Å². The van der Waals surface area contributed by atoms with Gasteiger partial charge in [-0.1, -0.05) is 17.7 Å². The summed E-state index contributed by atoms with van der Waals surface area (Å²) in [7, 11) is 0. The Labute approximate surface area is 102 Å². The Kier molecular flexibility index (Phi) is 3.38. The summed E-state index contributed by atoms with van der Waals surface area (Å²) in [5.41, 5.74) is 5.30. The third kappa shape index (κ3) is 2.81. The summed E-state index contributed by atoms with van der Waals surface area (Å²) in [6.45, 7) is 7.23. The van der Waals surface area contributed by atoms with Crippen LogP contribution in [0.1, 0.15) is 22.3 Å². The molecule has 3 heteroatoms. The number of hydrogen-bond donors (Lipinski definition) is 1. The molecular formula is C14H17N3. The second-order valence-corrected chi connectivity index (χ2v) is 4.33. The normalized spacial score (nSPS) is 10.3. The van der Waals surface area contributed by atoms with Gasteiger partial charge in [-0.3, -0.25) is 0 Å². The Morgan fingerprint density at radius 3 is 2.41 bits per heavy atom. The van der Waals surface area contributed by atoms with Crippen LogP contribution in [0.5, 0.6) is 0 Å². The molecule has 0 bridgehead atoms. The van der Waals surface area contributed by atoms with E-state index >= 15 is 0 Å². The van der Waals surface area contributed by atoms with Gasteiger partial charge in [0, 0.05) is 12.7 Å². The maximum absolute atomic E-state index is 4.15. The van der Waals surface area contributed by atoms with Crippen LogP contribution in [0.3, 0.4) is 0 Å². The molecule has 0 saturated heterocycles. The minimum atomic E-state index is 0.801. The minimum Gasteiger partial charge on any atom is -0.366 e. The Balaban J connectivity index is 2.15. The maximum atomic E-state index is 4.15. The van der Waals surface area contributed by atoms with Crippen LogP contribution in [-0.2, 0) is 6.54 Å². The fourth-order valence-corrected chi connectivity index (χ4v) is 2.06. The zero-order valence-corrected chi connectivity index (χ0v) is 10.5. The van der Waals surface area contributed by atoms with E-state index in [1.807, 2.05) is 6.07 Å². The number of rotatable bonds is 3. The molecule has 0 saturated carbocycles. The first-order valence-electron chi connectivity index (χ1n) is 5.73. The van der Waals surface area contributed by atoms with Crippen molar-refractivity contribution in [1.82, 2.24) is 9.97 Å². The van der Waals surface area contributed by atoms with Crippen molar-refractivity contribution in [3.63, 3.8) is 0 Å². The zero-order chi connectivity index (χ0) is 12.3. The Morgan fingerprint density at radius 2 is 1.82 bits per heavy atom. The number of nitrogens with one attached hydrogen (secondary N) is 1. The quantitative estimate of drug-likeness (QED) is 0.875. The van der Waals surface area contributed by atoms with Crippen LogP contribution in [0.2, 0.25) is 0 Å². The number of aromatic nitrogens is 2. The molecule has 0 aliphatic rings. The Morgan fingerprint density at radius 1 is 1.12 bits per heavy atom. The molecule has 1 N–H and O–H groups in total. The lowest BCUT2D eigenvalue weighted by molar-refractivity contribution is 1.05. The molecule has 88 valence electrons. The van der Waals surface area contributed by atoms with Gasteiger partial charge in [0.05, 0.1) is 0 Å². The molecule has 2 aromatic rings. The van der Waals surface area contributed by atoms with Crippen molar-refractivity contribution in [2.45, 2.75) is 27.3 Å². The van der Waals surface area contributed by atoms with Gasteiger partial charge >= 0.3 is 0 Å². The summed E-state index contributed by atoms with van der Waals surface area (Å²) in [4.78, 5) is 8.04. The molecule has 0 amide bonds. The maximum Gasteiger partial charge on any atom is 0.129 e. The van der Waals surface area contributed by atoms with E-state index in [0.717, 1.165) is 12.4 Å². The van der Waals surface area contributed by atoms with Gasteiger partial charge < -0.3 is 5.32 Å². The molecule has 0 fully saturated rings. The monoisotopic (exact) mass is 227 g/mol. The van der Waals surface area contributed by atoms with E-state index in [4.69, 9.17) is 0 Å². The fourth-order valence-electron chi connectivity index (χ4n) is 2.06. The molecule has 2 rings (SSSR count). The molecule has 17 heavy (non-hydrogen) atoms. The van der Waals surface area contributed by atoms with Gasteiger partial charge in [-0.25, -0.2) is 9.97 Å². The van der Waals surface area contributed by atoms with Crippen LogP contribution in [0.15, 0.2) is 30.7 Å². The molecule has 0 spiro atoms. The Bertz CT molecular complexity index is 483. The predicted molar refractivity (Wildman–Crippen MR) is 70.0 cm³/mol. The number of hydrogen-bond acceptors (Lipinski definition) is 3. The van der Waals surface area contributed by atoms with Gasteiger partial charge in [0.1, 0.15) is 12.1 Å². The Hall–Kier alpha value is -1.90. The van der Waals surface area contributed by atoms with Gasteiger partial charge in [-0.2, -0.15) is 0 Å². The number of aryl methyl sites for hydroxylation is 3. The predicted octanol–water partition coefficient (Wildman–Crippen LogP) is 3.01. The van der Waals surface area contributed by atoms with Crippen LogP contribution >= 0.6 is 0 Å². The molecule has 3 nitrogen and oxygen atoms in total. The van der Waals surface area contributed by atoms with Crippen molar-refractivity contribution < 1.29 is 0 Å². The molecule has 1 heterocycles. The van der Waals surface area contributed by atoms with Crippen LogP contribution in [-0.4, -0.2) is 9.97 Å². The summed E-state index contributed by atoms with van der Waals surface area (Å²) >= 11 is 0. The van der Waals surface area contributed by atoms with Crippen LogP contribution in [0, 0.1) is 20.8 Å². The topological polar surface area (TPSA) is 37.8 Å². The first kappa shape index (κ1) is 11.6. The van der Waals surface area contributed by atoms with Crippen molar-refractivity contribution in [3.8, 4) is 0 Å². The van der Waals surface area contributed by atoms with E-state index in [-0.39, 0.29) is 0 Å². The van der Waals surface area contributed by atoms with Gasteiger partial charge in [0.15, 0.2) is 0 Å². The number of benzene rings is 1. The highest BCUT2D eigenvalue weighted by Gasteiger charge is 2.03. The molecule has 0 aliphatic heterocycles. The van der Waals surface area contributed by atoms with Crippen LogP contribution < -0.4 is 5.32 Å². The third-order valence-electron chi connectivity index (χ3n) is 2.87. The summed E-state index contributed by atoms with van der Waals surface area (Å²) in [6.07, 6.45) is 3.29. The average Bonchev–Trinajstić information content (AvgIpc) is 2.29. The van der Waals surface area contributed by atoms with Crippen molar-refractivity contribution in [3.05, 3.63) is 53.0 Å². The van der Waals surface area contributed by atoms with Gasteiger partial charge in [0.25, 0.3) is 0 Å². The summed E-state index contributed by atoms with van der Waals surface area (Å²) in [5, 5.41) is 3.31. The summed E-state index contributed by atoms with van der Waals surface area (Å²) < 4.78 is 0. The fraction of sp³-hybridized carbons (Fsp3) is 0.286. The summed E-state index contributed by atoms with van der Waals surface area (Å²) in [5.74, 6) is 0.861. The van der Waals surface area contributed by atoms with Crippen LogP contribution in [0.25, 0.3) is 0 Å². The first-order valence-corrected chi connectivity index (χ1v) is 5.73. The lowest BCUT2D eigenvalue weighted by Gasteiger charge is -2.12. The summed E-state index contributed by atoms with van der Waals surface area (Å²) in [6, 6.07) is 6.30. The van der Waals surface area contributed by atoms with Crippen molar-refractivity contribution in [2.75, 3.05) is 5.32 Å². The number of anilines is 1. The molecule has 1 aromatic heterocycles. The highest BCUT2D eigenvalue weighted by molar-refractivity contribution is 5.41. The molecule has 0 aliphatic carbocycles. The molecular weight excluding hydrogens is 210 g/mol. The molecule has 0 atom stereocenters. The molecule has 0 radical (unpaired) electrons. The average molecular weight is 227 g/mol. The third-order valence-corrected chi connectivity index (χ3v) is 2.87. The zero-order valence-electron chi connectivity index (χ0n) is 10.5. The van der Waals surface area contributed by atoms with Gasteiger partial charge in [-0.15, -0.1) is 0 Å². The van der Waals surface area contributed by atoms with E-state index in [1.165, 1.54) is 22.3 Å². The van der Waals surface area contributed by atoms with E-state index < -0.39 is 0 Å². The van der Waals surface area contributed by atoms with Gasteiger partial charge in [0.2, 0.25) is 0 Å². The minimum absolute atomic E-state index is 0.801. The lowest BCUT2D eigenvalue weighted by Crippen LogP contribution is -2.05. The van der Waals surface area contributed by atoms with Crippen molar-refractivity contribution >= 4 is 5.82 Å². The second kappa shape index (κ2) is 4.95. The highest BCUT2D eigenvalue weighted by Crippen LogP contribution is 2.17. The lowest BCUT2D eigenvalue weighted by atomic mass is 10.00. The molecule has 0 unspecified atom stereocenters. The van der Waals surface area contributed by atoms with Crippen LogP contribution in [0.4, 0.5) is 5.82 Å². The first-order chi connectivity index (χ1) is 8.16. The van der Waals surface area contributed by atoms with E-state index in [1.54, 1.807) is 12.5 Å². The molecule has 1 aromatic carbocycles. The highest BCUT2D eigenvalue weighted by atomic mass is 15.0. The second-order valence-electron chi connectivity index (χ2n) is 4.33. The van der Waals surface area contributed by atoms with Gasteiger partial charge in [-0.05, 0) is 43.5 Å². The van der Waals surface area contributed by atoms with E-state index in [2.05, 4.69) is 48.2 Å². The largest absolute Gasteiger partial charge is 0.366 e. The smallest absolute Gasteiger partial charge is 0.129 e. The number of nitrogens with zero attached hydrogens (tertiary/aromatic N) is 2. The van der Waals surface area contributed by atoms with Crippen molar-refractivity contribution in [2.24, 2.45) is 0 Å².